The van der Waals surface area contributed by atoms with E-state index in [1.54, 1.807) is 12.1 Å². The first-order valence-electron chi connectivity index (χ1n) is 9.19. The zero-order chi connectivity index (χ0) is 19.0. The SMILES string of the molecule is CCNC(=NCc1ccc(F)c(CO)c1)NCC(C)(C)N1CCOCC1.I. The summed E-state index contributed by atoms with van der Waals surface area (Å²) in [4.78, 5) is 7.00. The first-order valence-corrected chi connectivity index (χ1v) is 9.19. The Bertz CT molecular complexity index is 607. The molecule has 27 heavy (non-hydrogen) atoms. The standard InChI is InChI=1S/C19H31FN4O2.HI/c1-4-21-18(22-12-15-5-6-17(20)16(11-15)13-25)23-14-19(2,3)24-7-9-26-10-8-24;/h5-6,11,25H,4,7-10,12-14H2,1-3H3,(H2,21,22,23);1H. The summed E-state index contributed by atoms with van der Waals surface area (Å²) in [5.74, 6) is 0.334. The van der Waals surface area contributed by atoms with E-state index in [4.69, 9.17) is 4.74 Å². The Morgan fingerprint density at radius 3 is 2.63 bits per heavy atom. The molecule has 0 radical (unpaired) electrons. The van der Waals surface area contributed by atoms with Crippen molar-refractivity contribution in [2.75, 3.05) is 39.4 Å². The van der Waals surface area contributed by atoms with E-state index in [1.807, 2.05) is 6.92 Å². The van der Waals surface area contributed by atoms with Crippen molar-refractivity contribution in [3.8, 4) is 0 Å². The van der Waals surface area contributed by atoms with Crippen molar-refractivity contribution in [3.05, 3.63) is 35.1 Å². The van der Waals surface area contributed by atoms with E-state index < -0.39 is 5.82 Å². The van der Waals surface area contributed by atoms with Gasteiger partial charge in [-0.2, -0.15) is 0 Å². The highest BCUT2D eigenvalue weighted by Gasteiger charge is 2.28. The molecule has 8 heteroatoms. The van der Waals surface area contributed by atoms with Gasteiger partial charge >= 0.3 is 0 Å². The lowest BCUT2D eigenvalue weighted by Gasteiger charge is -2.41. The number of rotatable bonds is 7. The smallest absolute Gasteiger partial charge is 0.191 e. The van der Waals surface area contributed by atoms with Crippen LogP contribution in [0.5, 0.6) is 0 Å². The molecular formula is C19H32FIN4O2. The van der Waals surface area contributed by atoms with Crippen LogP contribution < -0.4 is 10.6 Å². The van der Waals surface area contributed by atoms with E-state index in [1.165, 1.54) is 6.07 Å². The molecule has 1 heterocycles. The molecule has 6 nitrogen and oxygen atoms in total. The highest BCUT2D eigenvalue weighted by atomic mass is 127. The number of benzene rings is 1. The van der Waals surface area contributed by atoms with Crippen molar-refractivity contribution in [3.63, 3.8) is 0 Å². The second kappa shape index (κ2) is 11.8. The third-order valence-electron chi connectivity index (χ3n) is 4.60. The van der Waals surface area contributed by atoms with Gasteiger partial charge in [-0.05, 0) is 38.5 Å². The summed E-state index contributed by atoms with van der Waals surface area (Å²) in [6, 6.07) is 4.72. The molecule has 1 aliphatic heterocycles. The molecule has 0 saturated carbocycles. The number of hydrogen-bond acceptors (Lipinski definition) is 4. The van der Waals surface area contributed by atoms with E-state index in [2.05, 4.69) is 34.4 Å². The van der Waals surface area contributed by atoms with Gasteiger partial charge < -0.3 is 20.5 Å². The maximum Gasteiger partial charge on any atom is 0.191 e. The Morgan fingerprint density at radius 2 is 2.00 bits per heavy atom. The number of aliphatic hydroxyl groups is 1. The lowest BCUT2D eigenvalue weighted by molar-refractivity contribution is -0.00834. The van der Waals surface area contributed by atoms with Gasteiger partial charge in [0.05, 0.1) is 26.4 Å². The lowest BCUT2D eigenvalue weighted by Crippen LogP contribution is -2.56. The number of nitrogens with zero attached hydrogens (tertiary/aromatic N) is 2. The van der Waals surface area contributed by atoms with E-state index in [0.717, 1.165) is 50.9 Å². The number of aliphatic imine (C=N–C) groups is 1. The predicted molar refractivity (Wildman–Crippen MR) is 117 cm³/mol. The van der Waals surface area contributed by atoms with Gasteiger partial charge in [0.25, 0.3) is 0 Å². The molecule has 0 amide bonds. The first kappa shape index (κ1) is 24.1. The van der Waals surface area contributed by atoms with Gasteiger partial charge in [0.2, 0.25) is 0 Å². The molecule has 0 unspecified atom stereocenters. The van der Waals surface area contributed by atoms with Crippen molar-refractivity contribution in [2.45, 2.75) is 39.5 Å². The van der Waals surface area contributed by atoms with Crippen LogP contribution in [-0.2, 0) is 17.9 Å². The van der Waals surface area contributed by atoms with Crippen molar-refractivity contribution >= 4 is 29.9 Å². The molecule has 0 bridgehead atoms. The molecule has 0 aliphatic carbocycles. The van der Waals surface area contributed by atoms with E-state index in [9.17, 15) is 9.50 Å². The second-order valence-corrected chi connectivity index (χ2v) is 7.04. The average Bonchev–Trinajstić information content (AvgIpc) is 2.66. The monoisotopic (exact) mass is 494 g/mol. The summed E-state index contributed by atoms with van der Waals surface area (Å²) in [5.41, 5.74) is 1.14. The van der Waals surface area contributed by atoms with Gasteiger partial charge in [-0.3, -0.25) is 4.90 Å². The summed E-state index contributed by atoms with van der Waals surface area (Å²) >= 11 is 0. The molecule has 0 atom stereocenters. The van der Waals surface area contributed by atoms with Crippen molar-refractivity contribution < 1.29 is 14.2 Å². The summed E-state index contributed by atoms with van der Waals surface area (Å²) in [5, 5.41) is 15.8. The number of morpholine rings is 1. The van der Waals surface area contributed by atoms with Crippen LogP contribution in [0.1, 0.15) is 31.9 Å². The Hall–Kier alpha value is -0.970. The van der Waals surface area contributed by atoms with Crippen LogP contribution in [0.25, 0.3) is 0 Å². The maximum atomic E-state index is 13.5. The zero-order valence-corrected chi connectivity index (χ0v) is 18.8. The highest BCUT2D eigenvalue weighted by Crippen LogP contribution is 2.15. The summed E-state index contributed by atoms with van der Waals surface area (Å²) in [7, 11) is 0. The zero-order valence-electron chi connectivity index (χ0n) is 16.4. The Morgan fingerprint density at radius 1 is 1.30 bits per heavy atom. The summed E-state index contributed by atoms with van der Waals surface area (Å²) < 4.78 is 18.9. The fraction of sp³-hybridized carbons (Fsp3) is 0.632. The first-order chi connectivity index (χ1) is 12.5. The molecule has 0 aromatic heterocycles. The van der Waals surface area contributed by atoms with Gasteiger partial charge in [-0.1, -0.05) is 6.07 Å². The van der Waals surface area contributed by atoms with Crippen molar-refractivity contribution in [1.82, 2.24) is 15.5 Å². The minimum absolute atomic E-state index is 0. The normalized spacial score (nSPS) is 16.0. The minimum Gasteiger partial charge on any atom is -0.392 e. The molecule has 1 fully saturated rings. The third-order valence-corrected chi connectivity index (χ3v) is 4.60. The fourth-order valence-electron chi connectivity index (χ4n) is 2.94. The number of aliphatic hydroxyl groups excluding tert-OH is 1. The fourth-order valence-corrected chi connectivity index (χ4v) is 2.94. The van der Waals surface area contributed by atoms with E-state index >= 15 is 0 Å². The van der Waals surface area contributed by atoms with Crippen LogP contribution in [-0.4, -0.2) is 60.9 Å². The van der Waals surface area contributed by atoms with Gasteiger partial charge in [-0.25, -0.2) is 9.38 Å². The van der Waals surface area contributed by atoms with Crippen LogP contribution in [0, 0.1) is 5.82 Å². The number of hydrogen-bond donors (Lipinski definition) is 3. The van der Waals surface area contributed by atoms with Crippen molar-refractivity contribution in [2.24, 2.45) is 4.99 Å². The predicted octanol–water partition coefficient (Wildman–Crippen LogP) is 2.10. The highest BCUT2D eigenvalue weighted by molar-refractivity contribution is 14.0. The molecule has 154 valence electrons. The van der Waals surface area contributed by atoms with Gasteiger partial charge in [0.15, 0.2) is 5.96 Å². The van der Waals surface area contributed by atoms with E-state index in [-0.39, 0.29) is 36.1 Å². The topological polar surface area (TPSA) is 69.1 Å². The summed E-state index contributed by atoms with van der Waals surface area (Å²) in [6.45, 7) is 11.5. The summed E-state index contributed by atoms with van der Waals surface area (Å²) in [6.07, 6.45) is 0. The number of halogens is 2. The average molecular weight is 494 g/mol. The number of guanidine groups is 1. The molecule has 1 saturated heterocycles. The largest absolute Gasteiger partial charge is 0.392 e. The van der Waals surface area contributed by atoms with Crippen LogP contribution in [0.4, 0.5) is 4.39 Å². The molecule has 1 aromatic rings. The molecule has 2 rings (SSSR count). The number of nitrogens with one attached hydrogen (secondary N) is 2. The number of ether oxygens (including phenoxy) is 1. The van der Waals surface area contributed by atoms with E-state index in [0.29, 0.717) is 12.1 Å². The molecule has 3 N–H and O–H groups in total. The Kier molecular flexibility index (Phi) is 10.5. The quantitative estimate of drug-likeness (QED) is 0.308. The van der Waals surface area contributed by atoms with Crippen molar-refractivity contribution in [1.29, 1.82) is 0 Å². The Balaban J connectivity index is 0.00000364. The molecule has 0 spiro atoms. The van der Waals surface area contributed by atoms with Gasteiger partial charge in [-0.15, -0.1) is 24.0 Å². The third kappa shape index (κ3) is 7.52. The lowest BCUT2D eigenvalue weighted by atomic mass is 10.0. The molecule has 1 aliphatic rings. The van der Waals surface area contributed by atoms with Gasteiger partial charge in [0, 0.05) is 37.3 Å². The van der Waals surface area contributed by atoms with Crippen LogP contribution >= 0.6 is 24.0 Å². The maximum absolute atomic E-state index is 13.5. The van der Waals surface area contributed by atoms with Crippen LogP contribution in [0.3, 0.4) is 0 Å². The van der Waals surface area contributed by atoms with Crippen LogP contribution in [0.2, 0.25) is 0 Å². The molecular weight excluding hydrogens is 462 g/mol. The van der Waals surface area contributed by atoms with Crippen LogP contribution in [0.15, 0.2) is 23.2 Å². The second-order valence-electron chi connectivity index (χ2n) is 7.04. The Labute approximate surface area is 178 Å². The minimum atomic E-state index is -0.391. The molecule has 1 aromatic carbocycles. The van der Waals surface area contributed by atoms with Gasteiger partial charge in [0.1, 0.15) is 5.82 Å².